The Bertz CT molecular complexity index is 1330. The van der Waals surface area contributed by atoms with Gasteiger partial charge in [-0.1, -0.05) is 36.8 Å². The molecule has 38 heavy (non-hydrogen) atoms. The molecule has 0 amide bonds. The Hall–Kier alpha value is -2.87. The molecular formula is C28H34N6O2S2. The largest absolute Gasteiger partial charge is 0.467 e. The fourth-order valence-corrected chi connectivity index (χ4v) is 7.01. The molecule has 1 atom stereocenters. The monoisotopic (exact) mass is 550 g/mol. The highest BCUT2D eigenvalue weighted by Crippen LogP contribution is 2.33. The first-order valence-electron chi connectivity index (χ1n) is 13.5. The Morgan fingerprint density at radius 3 is 2.74 bits per heavy atom. The van der Waals surface area contributed by atoms with Gasteiger partial charge in [0.05, 0.1) is 27.3 Å². The van der Waals surface area contributed by atoms with Crippen molar-refractivity contribution in [3.8, 4) is 11.3 Å². The average Bonchev–Trinajstić information content (AvgIpc) is 3.36. The average molecular weight is 551 g/mol. The Morgan fingerprint density at radius 2 is 2.03 bits per heavy atom. The van der Waals surface area contributed by atoms with Crippen LogP contribution in [0.2, 0.25) is 0 Å². The summed E-state index contributed by atoms with van der Waals surface area (Å²) in [4.78, 5) is 16.1. The first-order chi connectivity index (χ1) is 18.6. The lowest BCUT2D eigenvalue weighted by molar-refractivity contribution is 0.170. The fourth-order valence-electron chi connectivity index (χ4n) is 4.90. The zero-order valence-corrected chi connectivity index (χ0v) is 23.5. The van der Waals surface area contributed by atoms with Crippen molar-refractivity contribution in [2.75, 3.05) is 36.8 Å². The van der Waals surface area contributed by atoms with Crippen LogP contribution in [0.15, 0.2) is 36.7 Å². The second kappa shape index (κ2) is 12.8. The van der Waals surface area contributed by atoms with Crippen LogP contribution in [0.5, 0.6) is 5.19 Å². The molecule has 1 saturated heterocycles. The second-order valence-corrected chi connectivity index (χ2v) is 12.3. The van der Waals surface area contributed by atoms with Crippen LogP contribution in [0.3, 0.4) is 0 Å². The summed E-state index contributed by atoms with van der Waals surface area (Å²) in [5, 5.41) is 9.42. The van der Waals surface area contributed by atoms with Crippen LogP contribution in [-0.2, 0) is 17.4 Å². The molecule has 200 valence electrons. The normalized spacial score (nSPS) is 17.8. The smallest absolute Gasteiger partial charge is 0.274 e. The molecule has 5 rings (SSSR count). The van der Waals surface area contributed by atoms with Gasteiger partial charge in [-0.2, -0.15) is 5.26 Å². The maximum atomic E-state index is 12.5. The zero-order valence-electron chi connectivity index (χ0n) is 21.8. The number of hydrogen-bond acceptors (Lipinski definition) is 8. The van der Waals surface area contributed by atoms with Crippen molar-refractivity contribution in [2.45, 2.75) is 58.0 Å². The van der Waals surface area contributed by atoms with Crippen molar-refractivity contribution in [2.24, 2.45) is 0 Å². The molecule has 0 bridgehead atoms. The standard InChI is InChI=1S/C28H34N6O2S2/c1-2-5-21-19-30-27(31-20-21)33-13-10-24(11-14-33)36-28-32-25-7-6-23(18-26(25)37-28)22-8-15-34(16-9-22)38(35)17-4-3-12-29/h6-8,18-20,24H,2-5,9-11,13-17H2,1H3. The summed E-state index contributed by atoms with van der Waals surface area (Å²) in [7, 11) is -1.01. The maximum absolute atomic E-state index is 12.5. The molecule has 4 heterocycles. The fraction of sp³-hybridized carbons (Fsp3) is 0.500. The van der Waals surface area contributed by atoms with Crippen LogP contribution < -0.4 is 9.64 Å². The molecule has 1 fully saturated rings. The summed E-state index contributed by atoms with van der Waals surface area (Å²) < 4.78 is 21.9. The minimum Gasteiger partial charge on any atom is -0.467 e. The van der Waals surface area contributed by atoms with E-state index in [0.717, 1.165) is 73.1 Å². The SMILES string of the molecule is CCCc1cnc(N2CCC(Oc3nc4ccc(C5=CCN(S(=O)CCCC#N)CC5)cc4s3)CC2)nc1. The van der Waals surface area contributed by atoms with Crippen molar-refractivity contribution in [3.63, 3.8) is 0 Å². The number of aryl methyl sites for hydroxylation is 1. The van der Waals surface area contributed by atoms with E-state index in [4.69, 9.17) is 15.0 Å². The van der Waals surface area contributed by atoms with Crippen molar-refractivity contribution in [1.29, 1.82) is 5.26 Å². The molecule has 1 unspecified atom stereocenters. The van der Waals surface area contributed by atoms with Gasteiger partial charge in [0, 0.05) is 63.6 Å². The van der Waals surface area contributed by atoms with Crippen LogP contribution in [0.4, 0.5) is 5.95 Å². The van der Waals surface area contributed by atoms with Crippen molar-refractivity contribution in [3.05, 3.63) is 47.8 Å². The number of ether oxygens (including phenoxy) is 1. The number of aromatic nitrogens is 3. The third-order valence-electron chi connectivity index (χ3n) is 7.03. The van der Waals surface area contributed by atoms with Gasteiger partial charge in [-0.15, -0.1) is 0 Å². The highest BCUT2D eigenvalue weighted by molar-refractivity contribution is 7.82. The van der Waals surface area contributed by atoms with Gasteiger partial charge >= 0.3 is 0 Å². The predicted octanol–water partition coefficient (Wildman–Crippen LogP) is 5.14. The van der Waals surface area contributed by atoms with Crippen molar-refractivity contribution < 1.29 is 8.95 Å². The first-order valence-corrected chi connectivity index (χ1v) is 15.5. The maximum Gasteiger partial charge on any atom is 0.274 e. The molecule has 2 aliphatic heterocycles. The highest BCUT2D eigenvalue weighted by atomic mass is 32.2. The lowest BCUT2D eigenvalue weighted by Crippen LogP contribution is -2.39. The van der Waals surface area contributed by atoms with Gasteiger partial charge in [-0.05, 0) is 48.1 Å². The molecule has 10 heteroatoms. The Balaban J connectivity index is 1.15. The molecule has 0 spiro atoms. The van der Waals surface area contributed by atoms with Crippen molar-refractivity contribution >= 4 is 44.1 Å². The quantitative estimate of drug-likeness (QED) is 0.323. The summed E-state index contributed by atoms with van der Waals surface area (Å²) in [5.41, 5.74) is 4.63. The van der Waals surface area contributed by atoms with Crippen molar-refractivity contribution in [1.82, 2.24) is 19.3 Å². The molecular weight excluding hydrogens is 516 g/mol. The second-order valence-electron chi connectivity index (χ2n) is 9.76. The van der Waals surface area contributed by atoms with Gasteiger partial charge in [0.2, 0.25) is 5.95 Å². The van der Waals surface area contributed by atoms with Crippen LogP contribution in [0, 0.1) is 11.3 Å². The number of thiazole rings is 1. The van der Waals surface area contributed by atoms with Crippen LogP contribution >= 0.6 is 11.3 Å². The minimum absolute atomic E-state index is 0.145. The molecule has 0 saturated carbocycles. The van der Waals surface area contributed by atoms with Gasteiger partial charge in [0.1, 0.15) is 6.10 Å². The molecule has 0 aliphatic carbocycles. The Morgan fingerprint density at radius 1 is 1.21 bits per heavy atom. The highest BCUT2D eigenvalue weighted by Gasteiger charge is 2.24. The van der Waals surface area contributed by atoms with Gasteiger partial charge in [0.15, 0.2) is 0 Å². The predicted molar refractivity (Wildman–Crippen MR) is 154 cm³/mol. The summed E-state index contributed by atoms with van der Waals surface area (Å²) in [6, 6.07) is 8.52. The third kappa shape index (κ3) is 6.57. The van der Waals surface area contributed by atoms with Gasteiger partial charge in [-0.25, -0.2) is 23.5 Å². The first kappa shape index (κ1) is 26.7. The lowest BCUT2D eigenvalue weighted by atomic mass is 10.0. The van der Waals surface area contributed by atoms with Crippen LogP contribution in [0.25, 0.3) is 15.8 Å². The number of fused-ring (bicyclic) bond motifs is 1. The van der Waals surface area contributed by atoms with Crippen LogP contribution in [0.1, 0.15) is 56.6 Å². The number of rotatable bonds is 10. The van der Waals surface area contributed by atoms with E-state index in [0.29, 0.717) is 25.1 Å². The number of piperidine rings is 1. The van der Waals surface area contributed by atoms with E-state index in [2.05, 4.69) is 52.1 Å². The lowest BCUT2D eigenvalue weighted by Gasteiger charge is -2.31. The molecule has 2 aliphatic rings. The van der Waals surface area contributed by atoms with E-state index >= 15 is 0 Å². The van der Waals surface area contributed by atoms with E-state index in [9.17, 15) is 4.21 Å². The van der Waals surface area contributed by atoms with E-state index in [-0.39, 0.29) is 6.10 Å². The summed E-state index contributed by atoms with van der Waals surface area (Å²) >= 11 is 1.60. The Kier molecular flexibility index (Phi) is 8.99. The number of unbranched alkanes of at least 4 members (excludes halogenated alkanes) is 1. The van der Waals surface area contributed by atoms with Crippen LogP contribution in [-0.4, -0.2) is 61.5 Å². The van der Waals surface area contributed by atoms with E-state index < -0.39 is 11.0 Å². The van der Waals surface area contributed by atoms with Gasteiger partial charge in [-0.3, -0.25) is 0 Å². The molecule has 3 aromatic rings. The van der Waals surface area contributed by atoms with E-state index in [1.807, 2.05) is 16.7 Å². The summed E-state index contributed by atoms with van der Waals surface area (Å²) in [6.45, 7) is 5.36. The summed E-state index contributed by atoms with van der Waals surface area (Å²) in [5.74, 6) is 1.37. The number of nitriles is 1. The molecule has 2 aromatic heterocycles. The molecule has 0 radical (unpaired) electrons. The number of benzene rings is 1. The topological polar surface area (TPSA) is 95.2 Å². The van der Waals surface area contributed by atoms with Gasteiger partial charge in [0.25, 0.3) is 5.19 Å². The number of anilines is 1. The molecule has 0 N–H and O–H groups in total. The number of nitrogens with zero attached hydrogens (tertiary/aromatic N) is 6. The molecule has 8 nitrogen and oxygen atoms in total. The molecule has 1 aromatic carbocycles. The minimum atomic E-state index is -1.01. The summed E-state index contributed by atoms with van der Waals surface area (Å²) in [6.07, 6.45) is 12.2. The van der Waals surface area contributed by atoms with E-state index in [1.54, 1.807) is 11.3 Å². The third-order valence-corrected chi connectivity index (χ3v) is 9.48. The van der Waals surface area contributed by atoms with E-state index in [1.165, 1.54) is 16.7 Å². The zero-order chi connectivity index (χ0) is 26.3. The van der Waals surface area contributed by atoms with Gasteiger partial charge < -0.3 is 9.64 Å². The Labute approximate surface area is 231 Å². The number of hydrogen-bond donors (Lipinski definition) is 0.